The molecule has 0 amide bonds. The van der Waals surface area contributed by atoms with Crippen molar-refractivity contribution in [1.29, 1.82) is 0 Å². The minimum Gasteiger partial charge on any atom is -0.315 e. The average Bonchev–Trinajstić information content (AvgIpc) is 2.69. The second-order valence-electron chi connectivity index (χ2n) is 5.47. The third kappa shape index (κ3) is 2.24. The van der Waals surface area contributed by atoms with Gasteiger partial charge >= 0.3 is 0 Å². The van der Waals surface area contributed by atoms with Crippen LogP contribution in [0.1, 0.15) is 29.9 Å². The molecule has 2 unspecified atom stereocenters. The fourth-order valence-electron chi connectivity index (χ4n) is 3.44. The highest BCUT2D eigenvalue weighted by molar-refractivity contribution is 5.27. The highest BCUT2D eigenvalue weighted by Crippen LogP contribution is 2.32. The Hall–Kier alpha value is -0.860. The molecule has 0 spiro atoms. The first-order valence-electron chi connectivity index (χ1n) is 6.86. The third-order valence-corrected chi connectivity index (χ3v) is 4.29. The van der Waals surface area contributed by atoms with E-state index in [1.54, 1.807) is 0 Å². The summed E-state index contributed by atoms with van der Waals surface area (Å²) in [5, 5.41) is 3.60. The van der Waals surface area contributed by atoms with Crippen LogP contribution in [0.4, 0.5) is 0 Å². The quantitative estimate of drug-likeness (QED) is 0.795. The van der Waals surface area contributed by atoms with Crippen molar-refractivity contribution in [2.45, 2.75) is 31.7 Å². The first kappa shape index (κ1) is 11.2. The molecular weight excluding hydrogens is 208 g/mol. The van der Waals surface area contributed by atoms with Crippen LogP contribution in [0.15, 0.2) is 24.3 Å². The van der Waals surface area contributed by atoms with E-state index in [0.29, 0.717) is 5.92 Å². The van der Waals surface area contributed by atoms with Crippen LogP contribution in [0.2, 0.25) is 0 Å². The summed E-state index contributed by atoms with van der Waals surface area (Å²) >= 11 is 0. The van der Waals surface area contributed by atoms with E-state index in [4.69, 9.17) is 0 Å². The summed E-state index contributed by atoms with van der Waals surface area (Å²) in [7, 11) is 0. The molecule has 17 heavy (non-hydrogen) atoms. The van der Waals surface area contributed by atoms with Gasteiger partial charge in [0.25, 0.3) is 0 Å². The largest absolute Gasteiger partial charge is 0.315 e. The van der Waals surface area contributed by atoms with Crippen molar-refractivity contribution in [3.8, 4) is 0 Å². The minimum atomic E-state index is 0.680. The van der Waals surface area contributed by atoms with Crippen molar-refractivity contribution < 1.29 is 0 Å². The number of hydrogen-bond donors (Lipinski definition) is 1. The first-order valence-corrected chi connectivity index (χ1v) is 6.86. The van der Waals surface area contributed by atoms with Crippen LogP contribution >= 0.6 is 0 Å². The fourth-order valence-corrected chi connectivity index (χ4v) is 3.44. The van der Waals surface area contributed by atoms with Gasteiger partial charge in [-0.05, 0) is 31.9 Å². The van der Waals surface area contributed by atoms with Crippen molar-refractivity contribution in [3.63, 3.8) is 0 Å². The first-order chi connectivity index (χ1) is 8.34. The number of hydrogen-bond acceptors (Lipinski definition) is 2. The lowest BCUT2D eigenvalue weighted by atomic mass is 9.89. The van der Waals surface area contributed by atoms with Crippen LogP contribution < -0.4 is 5.32 Å². The maximum absolute atomic E-state index is 3.60. The molecule has 0 radical (unpaired) electrons. The molecule has 1 aromatic carbocycles. The number of nitrogens with one attached hydrogen (secondary N) is 1. The van der Waals surface area contributed by atoms with Crippen molar-refractivity contribution >= 4 is 0 Å². The van der Waals surface area contributed by atoms with Crippen molar-refractivity contribution in [2.24, 2.45) is 0 Å². The smallest absolute Gasteiger partial charge is 0.0177 e. The van der Waals surface area contributed by atoms with E-state index in [0.717, 1.165) is 19.1 Å². The van der Waals surface area contributed by atoms with Crippen LogP contribution in [-0.2, 0) is 0 Å². The molecule has 2 aliphatic rings. The Labute approximate surface area is 104 Å². The number of aryl methyl sites for hydroxylation is 1. The molecule has 0 aromatic heterocycles. The summed E-state index contributed by atoms with van der Waals surface area (Å²) in [6, 6.07) is 9.84. The second-order valence-corrected chi connectivity index (χ2v) is 5.47. The molecule has 0 bridgehead atoms. The topological polar surface area (TPSA) is 15.3 Å². The summed E-state index contributed by atoms with van der Waals surface area (Å²) in [4.78, 5) is 2.69. The van der Waals surface area contributed by atoms with Crippen molar-refractivity contribution in [3.05, 3.63) is 35.4 Å². The molecular formula is C15H22N2. The van der Waals surface area contributed by atoms with Crippen LogP contribution in [-0.4, -0.2) is 37.1 Å². The Morgan fingerprint density at radius 2 is 2.24 bits per heavy atom. The molecule has 0 aliphatic carbocycles. The molecule has 0 saturated carbocycles. The van der Waals surface area contributed by atoms with Gasteiger partial charge in [0.15, 0.2) is 0 Å². The monoisotopic (exact) mass is 230 g/mol. The third-order valence-electron chi connectivity index (χ3n) is 4.29. The maximum Gasteiger partial charge on any atom is 0.0177 e. The summed E-state index contributed by atoms with van der Waals surface area (Å²) in [6.07, 6.45) is 2.76. The van der Waals surface area contributed by atoms with Gasteiger partial charge < -0.3 is 5.32 Å². The van der Waals surface area contributed by atoms with Gasteiger partial charge in [0.1, 0.15) is 0 Å². The molecule has 2 aliphatic heterocycles. The van der Waals surface area contributed by atoms with Crippen LogP contribution in [0, 0.1) is 6.92 Å². The molecule has 3 rings (SSSR count). The summed E-state index contributed by atoms with van der Waals surface area (Å²) in [6.45, 7) is 7.02. The van der Waals surface area contributed by atoms with Gasteiger partial charge in [0.2, 0.25) is 0 Å². The van der Waals surface area contributed by atoms with E-state index >= 15 is 0 Å². The molecule has 2 saturated heterocycles. The van der Waals surface area contributed by atoms with E-state index in [9.17, 15) is 0 Å². The molecule has 2 heterocycles. The van der Waals surface area contributed by atoms with E-state index in [2.05, 4.69) is 41.4 Å². The predicted molar refractivity (Wildman–Crippen MR) is 71.4 cm³/mol. The van der Waals surface area contributed by atoms with Gasteiger partial charge in [-0.3, -0.25) is 4.90 Å². The molecule has 2 atom stereocenters. The Morgan fingerprint density at radius 1 is 1.29 bits per heavy atom. The summed E-state index contributed by atoms with van der Waals surface area (Å²) < 4.78 is 0. The average molecular weight is 230 g/mol. The van der Waals surface area contributed by atoms with Crippen LogP contribution in [0.25, 0.3) is 0 Å². The molecule has 2 fully saturated rings. The van der Waals surface area contributed by atoms with Crippen LogP contribution in [0.5, 0.6) is 0 Å². The lowest BCUT2D eigenvalue weighted by Gasteiger charge is -2.28. The number of fused-ring (bicyclic) bond motifs is 1. The summed E-state index contributed by atoms with van der Waals surface area (Å²) in [5.41, 5.74) is 2.91. The van der Waals surface area contributed by atoms with E-state index in [1.807, 2.05) is 0 Å². The molecule has 1 N–H and O–H groups in total. The number of benzene rings is 1. The van der Waals surface area contributed by atoms with Gasteiger partial charge in [-0.2, -0.15) is 0 Å². The van der Waals surface area contributed by atoms with Crippen LogP contribution in [0.3, 0.4) is 0 Å². The van der Waals surface area contributed by atoms with Gasteiger partial charge in [-0.1, -0.05) is 29.8 Å². The molecule has 2 nitrogen and oxygen atoms in total. The summed E-state index contributed by atoms with van der Waals surface area (Å²) in [5.74, 6) is 0.680. The molecule has 2 heteroatoms. The Morgan fingerprint density at radius 3 is 3.12 bits per heavy atom. The number of nitrogens with zero attached hydrogens (tertiary/aromatic N) is 1. The predicted octanol–water partition coefficient (Wildman–Crippen LogP) is 2.15. The molecule has 1 aromatic rings. The van der Waals surface area contributed by atoms with Crippen molar-refractivity contribution in [1.82, 2.24) is 10.2 Å². The SMILES string of the molecule is Cc1cccc(C2CNCCN3CCCC23)c1. The van der Waals surface area contributed by atoms with E-state index in [1.165, 1.54) is 37.1 Å². The van der Waals surface area contributed by atoms with Gasteiger partial charge in [0, 0.05) is 31.6 Å². The Bertz CT molecular complexity index is 388. The normalized spacial score (nSPS) is 29.9. The van der Waals surface area contributed by atoms with E-state index in [-0.39, 0.29) is 0 Å². The van der Waals surface area contributed by atoms with Gasteiger partial charge in [-0.15, -0.1) is 0 Å². The highest BCUT2D eigenvalue weighted by atomic mass is 15.2. The lowest BCUT2D eigenvalue weighted by Crippen LogP contribution is -2.34. The fraction of sp³-hybridized carbons (Fsp3) is 0.600. The maximum atomic E-state index is 3.60. The molecule has 92 valence electrons. The zero-order valence-corrected chi connectivity index (χ0v) is 10.7. The second kappa shape index (κ2) is 4.79. The zero-order chi connectivity index (χ0) is 11.7. The van der Waals surface area contributed by atoms with Crippen molar-refractivity contribution in [2.75, 3.05) is 26.2 Å². The number of rotatable bonds is 1. The van der Waals surface area contributed by atoms with Gasteiger partial charge in [0.05, 0.1) is 0 Å². The van der Waals surface area contributed by atoms with Gasteiger partial charge in [-0.25, -0.2) is 0 Å². The Kier molecular flexibility index (Phi) is 3.17. The van der Waals surface area contributed by atoms with E-state index < -0.39 is 0 Å². The minimum absolute atomic E-state index is 0.680. The standard InChI is InChI=1S/C15H22N2/c1-12-4-2-5-13(10-12)14-11-16-7-9-17-8-3-6-15(14)17/h2,4-5,10,14-16H,3,6-9,11H2,1H3. The lowest BCUT2D eigenvalue weighted by molar-refractivity contribution is 0.249. The Balaban J connectivity index is 1.89. The zero-order valence-electron chi connectivity index (χ0n) is 10.7. The highest BCUT2D eigenvalue weighted by Gasteiger charge is 2.33.